The van der Waals surface area contributed by atoms with Crippen molar-refractivity contribution in [3.8, 4) is 11.3 Å². The molecule has 0 saturated carbocycles. The molecule has 0 saturated heterocycles. The Labute approximate surface area is 166 Å². The molecule has 1 aromatic heterocycles. The average molecular weight is 367 g/mol. The van der Waals surface area contributed by atoms with Gasteiger partial charge in [-0.1, -0.05) is 91.0 Å². The highest BCUT2D eigenvalue weighted by molar-refractivity contribution is 5.58. The third-order valence-corrected chi connectivity index (χ3v) is 4.97. The van der Waals surface area contributed by atoms with Gasteiger partial charge in [-0.2, -0.15) is 0 Å². The van der Waals surface area contributed by atoms with Gasteiger partial charge in [-0.25, -0.2) is 4.98 Å². The number of aryl methyl sites for hydroxylation is 1. The minimum absolute atomic E-state index is 0.165. The Morgan fingerprint density at radius 1 is 0.750 bits per heavy atom. The van der Waals surface area contributed by atoms with Crippen molar-refractivity contribution in [2.45, 2.75) is 25.4 Å². The summed E-state index contributed by atoms with van der Waals surface area (Å²) >= 11 is 0. The van der Waals surface area contributed by atoms with Gasteiger partial charge in [0.15, 0.2) is 0 Å². The van der Waals surface area contributed by atoms with Crippen molar-refractivity contribution in [3.05, 3.63) is 114 Å². The molecule has 3 heteroatoms. The Morgan fingerprint density at radius 3 is 2.04 bits per heavy atom. The van der Waals surface area contributed by atoms with E-state index in [0.29, 0.717) is 0 Å². The van der Waals surface area contributed by atoms with E-state index in [1.165, 1.54) is 11.1 Å². The van der Waals surface area contributed by atoms with Gasteiger partial charge in [0.25, 0.3) is 0 Å². The van der Waals surface area contributed by atoms with E-state index in [1.807, 2.05) is 12.3 Å². The number of H-pyrrole nitrogens is 1. The average Bonchev–Trinajstić information content (AvgIpc) is 3.26. The molecule has 0 bridgehead atoms. The number of aromatic amines is 1. The number of nitrogens with one attached hydrogen (secondary N) is 2. The smallest absolute Gasteiger partial charge is 0.123 e. The van der Waals surface area contributed by atoms with Crippen molar-refractivity contribution < 1.29 is 0 Å². The fraction of sp³-hybridized carbons (Fsp3) is 0.160. The maximum Gasteiger partial charge on any atom is 0.123 e. The van der Waals surface area contributed by atoms with Crippen molar-refractivity contribution >= 4 is 0 Å². The topological polar surface area (TPSA) is 40.7 Å². The molecular formula is C25H25N3. The summed E-state index contributed by atoms with van der Waals surface area (Å²) < 4.78 is 0. The lowest BCUT2D eigenvalue weighted by Crippen LogP contribution is -2.22. The van der Waals surface area contributed by atoms with Crippen LogP contribution >= 0.6 is 0 Å². The molecule has 2 N–H and O–H groups in total. The third-order valence-electron chi connectivity index (χ3n) is 4.97. The minimum atomic E-state index is 0.165. The van der Waals surface area contributed by atoms with Crippen LogP contribution in [0.3, 0.4) is 0 Å². The number of nitrogens with zero attached hydrogens (tertiary/aromatic N) is 1. The van der Waals surface area contributed by atoms with Crippen molar-refractivity contribution in [1.29, 1.82) is 0 Å². The Morgan fingerprint density at radius 2 is 1.36 bits per heavy atom. The Bertz CT molecular complexity index is 919. The summed E-state index contributed by atoms with van der Waals surface area (Å²) in [6.45, 7) is 0.821. The molecule has 0 amide bonds. The van der Waals surface area contributed by atoms with Gasteiger partial charge in [0, 0.05) is 6.54 Å². The van der Waals surface area contributed by atoms with Crippen LogP contribution in [0, 0.1) is 0 Å². The standard InChI is InChI=1S/C25H25N3/c1-4-10-20(11-5-1)16-17-23(26-18-21-12-6-2-7-13-21)25-27-19-24(28-25)22-14-8-3-9-15-22/h1-15,19,23,26H,16-18H2,(H,27,28). The number of imidazole rings is 1. The van der Waals surface area contributed by atoms with Crippen LogP contribution < -0.4 is 5.32 Å². The van der Waals surface area contributed by atoms with Crippen LogP contribution in [0.4, 0.5) is 0 Å². The highest BCUT2D eigenvalue weighted by Crippen LogP contribution is 2.22. The molecule has 0 aliphatic carbocycles. The highest BCUT2D eigenvalue weighted by atomic mass is 15.0. The van der Waals surface area contributed by atoms with Gasteiger partial charge >= 0.3 is 0 Å². The molecule has 0 fully saturated rings. The molecule has 0 radical (unpaired) electrons. The van der Waals surface area contributed by atoms with Gasteiger partial charge < -0.3 is 10.3 Å². The van der Waals surface area contributed by atoms with Crippen LogP contribution in [-0.4, -0.2) is 9.97 Å². The minimum Gasteiger partial charge on any atom is -0.341 e. The number of rotatable bonds is 8. The zero-order valence-corrected chi connectivity index (χ0v) is 15.9. The van der Waals surface area contributed by atoms with E-state index in [0.717, 1.165) is 36.5 Å². The maximum absolute atomic E-state index is 4.70. The van der Waals surface area contributed by atoms with E-state index in [9.17, 15) is 0 Å². The van der Waals surface area contributed by atoms with Crippen LogP contribution in [-0.2, 0) is 13.0 Å². The molecule has 1 heterocycles. The lowest BCUT2D eigenvalue weighted by Gasteiger charge is -2.17. The molecule has 4 rings (SSSR count). The summed E-state index contributed by atoms with van der Waals surface area (Å²) in [7, 11) is 0. The van der Waals surface area contributed by atoms with Crippen molar-refractivity contribution in [2.24, 2.45) is 0 Å². The van der Waals surface area contributed by atoms with Gasteiger partial charge in [0.1, 0.15) is 5.82 Å². The first-order chi connectivity index (χ1) is 13.9. The largest absolute Gasteiger partial charge is 0.341 e. The van der Waals surface area contributed by atoms with Crippen LogP contribution in [0.5, 0.6) is 0 Å². The molecule has 0 aliphatic rings. The van der Waals surface area contributed by atoms with Crippen LogP contribution in [0.25, 0.3) is 11.3 Å². The first-order valence-electron chi connectivity index (χ1n) is 9.80. The van der Waals surface area contributed by atoms with E-state index in [4.69, 9.17) is 4.98 Å². The Balaban J connectivity index is 1.51. The quantitative estimate of drug-likeness (QED) is 0.429. The predicted octanol–water partition coefficient (Wildman–Crippen LogP) is 5.54. The number of hydrogen-bond acceptors (Lipinski definition) is 2. The first kappa shape index (κ1) is 18.2. The Kier molecular flexibility index (Phi) is 5.95. The monoisotopic (exact) mass is 367 g/mol. The molecule has 28 heavy (non-hydrogen) atoms. The number of aromatic nitrogens is 2. The number of benzene rings is 3. The lowest BCUT2D eigenvalue weighted by atomic mass is 10.0. The van der Waals surface area contributed by atoms with Crippen molar-refractivity contribution in [3.63, 3.8) is 0 Å². The highest BCUT2D eigenvalue weighted by Gasteiger charge is 2.15. The second-order valence-corrected chi connectivity index (χ2v) is 6.99. The summed E-state index contributed by atoms with van der Waals surface area (Å²) in [6, 6.07) is 31.7. The van der Waals surface area contributed by atoms with E-state index >= 15 is 0 Å². The molecule has 3 nitrogen and oxygen atoms in total. The SMILES string of the molecule is c1ccc(CCC(NCc2ccccc2)c2ncc(-c3ccccc3)[nH]2)cc1. The van der Waals surface area contributed by atoms with Crippen molar-refractivity contribution in [1.82, 2.24) is 15.3 Å². The molecule has 0 spiro atoms. The van der Waals surface area contributed by atoms with E-state index in [-0.39, 0.29) is 6.04 Å². The normalized spacial score (nSPS) is 12.0. The third kappa shape index (κ3) is 4.76. The molecule has 3 aromatic carbocycles. The second kappa shape index (κ2) is 9.16. The van der Waals surface area contributed by atoms with E-state index in [1.54, 1.807) is 0 Å². The maximum atomic E-state index is 4.70. The summed E-state index contributed by atoms with van der Waals surface area (Å²) in [6.07, 6.45) is 3.93. The van der Waals surface area contributed by atoms with Crippen LogP contribution in [0.1, 0.15) is 29.4 Å². The second-order valence-electron chi connectivity index (χ2n) is 6.99. The summed E-state index contributed by atoms with van der Waals surface area (Å²) in [5, 5.41) is 3.69. The fourth-order valence-electron chi connectivity index (χ4n) is 3.41. The van der Waals surface area contributed by atoms with Gasteiger partial charge in [-0.05, 0) is 29.5 Å². The molecule has 140 valence electrons. The van der Waals surface area contributed by atoms with Crippen molar-refractivity contribution in [2.75, 3.05) is 0 Å². The zero-order valence-electron chi connectivity index (χ0n) is 15.9. The molecule has 4 aromatic rings. The van der Waals surface area contributed by atoms with Crippen LogP contribution in [0.15, 0.2) is 97.2 Å². The summed E-state index contributed by atoms with van der Waals surface area (Å²) in [5.74, 6) is 0.991. The first-order valence-corrected chi connectivity index (χ1v) is 9.80. The molecular weight excluding hydrogens is 342 g/mol. The fourth-order valence-corrected chi connectivity index (χ4v) is 3.41. The van der Waals surface area contributed by atoms with E-state index in [2.05, 4.69) is 95.2 Å². The summed E-state index contributed by atoms with van der Waals surface area (Å²) in [4.78, 5) is 8.23. The predicted molar refractivity (Wildman–Crippen MR) is 115 cm³/mol. The molecule has 1 atom stereocenters. The molecule has 1 unspecified atom stereocenters. The summed E-state index contributed by atoms with van der Waals surface area (Å²) in [5.41, 5.74) is 4.85. The van der Waals surface area contributed by atoms with E-state index < -0.39 is 0 Å². The number of hydrogen-bond donors (Lipinski definition) is 2. The molecule has 0 aliphatic heterocycles. The zero-order chi connectivity index (χ0) is 19.0. The van der Waals surface area contributed by atoms with Gasteiger partial charge in [0.2, 0.25) is 0 Å². The van der Waals surface area contributed by atoms with Gasteiger partial charge in [-0.15, -0.1) is 0 Å². The van der Waals surface area contributed by atoms with Gasteiger partial charge in [0.05, 0.1) is 17.9 Å². The Hall–Kier alpha value is -3.17. The lowest BCUT2D eigenvalue weighted by molar-refractivity contribution is 0.479. The van der Waals surface area contributed by atoms with Gasteiger partial charge in [-0.3, -0.25) is 0 Å². The van der Waals surface area contributed by atoms with Crippen LogP contribution in [0.2, 0.25) is 0 Å².